The molecule has 1 aromatic carbocycles. The maximum absolute atomic E-state index is 12.5. The van der Waals surface area contributed by atoms with Gasteiger partial charge in [0.15, 0.2) is 5.16 Å². The first-order valence-electron chi connectivity index (χ1n) is 8.99. The van der Waals surface area contributed by atoms with Crippen LogP contribution in [0, 0.1) is 0 Å². The molecule has 2 heterocycles. The molecule has 3 N–H and O–H groups in total. The molecule has 29 heavy (non-hydrogen) atoms. The Kier molecular flexibility index (Phi) is 5.54. The van der Waals surface area contributed by atoms with E-state index in [0.29, 0.717) is 21.5 Å². The molecule has 1 aliphatic carbocycles. The first-order chi connectivity index (χ1) is 14.1. The summed E-state index contributed by atoms with van der Waals surface area (Å²) in [6.45, 7) is 0. The van der Waals surface area contributed by atoms with Gasteiger partial charge in [-0.05, 0) is 37.0 Å². The van der Waals surface area contributed by atoms with Crippen LogP contribution in [0.15, 0.2) is 35.7 Å². The average Bonchev–Trinajstić information content (AvgIpc) is 3.41. The molecule has 0 saturated heterocycles. The minimum Gasteiger partial charge on any atom is -0.495 e. The number of aromatic nitrogens is 3. The maximum atomic E-state index is 12.5. The summed E-state index contributed by atoms with van der Waals surface area (Å²) in [4.78, 5) is 25.5. The Morgan fingerprint density at radius 3 is 2.97 bits per heavy atom. The van der Waals surface area contributed by atoms with E-state index in [-0.39, 0.29) is 11.7 Å². The molecule has 2 amide bonds. The molecule has 0 aliphatic heterocycles. The molecule has 0 radical (unpaired) electrons. The normalized spacial score (nSPS) is 12.6. The Labute approximate surface area is 175 Å². The van der Waals surface area contributed by atoms with E-state index in [4.69, 9.17) is 10.5 Å². The van der Waals surface area contributed by atoms with Gasteiger partial charge in [-0.3, -0.25) is 14.2 Å². The van der Waals surface area contributed by atoms with Crippen LogP contribution in [0.3, 0.4) is 0 Å². The van der Waals surface area contributed by atoms with Crippen molar-refractivity contribution < 1.29 is 14.3 Å². The predicted molar refractivity (Wildman–Crippen MR) is 112 cm³/mol. The molecule has 2 aromatic heterocycles. The zero-order valence-corrected chi connectivity index (χ0v) is 17.3. The van der Waals surface area contributed by atoms with Crippen molar-refractivity contribution in [3.8, 4) is 11.4 Å². The van der Waals surface area contributed by atoms with E-state index in [0.717, 1.165) is 35.4 Å². The Balaban J connectivity index is 1.47. The van der Waals surface area contributed by atoms with Gasteiger partial charge in [-0.15, -0.1) is 21.5 Å². The number of aryl methyl sites for hydroxylation is 1. The van der Waals surface area contributed by atoms with Crippen LogP contribution in [0.2, 0.25) is 0 Å². The van der Waals surface area contributed by atoms with Crippen LogP contribution in [0.4, 0.5) is 5.00 Å². The Morgan fingerprint density at radius 1 is 1.34 bits per heavy atom. The molecular weight excluding hydrogens is 410 g/mol. The van der Waals surface area contributed by atoms with Gasteiger partial charge in [0.1, 0.15) is 17.1 Å². The largest absolute Gasteiger partial charge is 0.495 e. The molecule has 1 aliphatic rings. The van der Waals surface area contributed by atoms with Crippen molar-refractivity contribution in [1.82, 2.24) is 14.8 Å². The van der Waals surface area contributed by atoms with Gasteiger partial charge in [0, 0.05) is 4.88 Å². The number of benzene rings is 1. The molecule has 8 nitrogen and oxygen atoms in total. The van der Waals surface area contributed by atoms with E-state index in [1.165, 1.54) is 23.1 Å². The highest BCUT2D eigenvalue weighted by Gasteiger charge is 2.26. The second kappa shape index (κ2) is 8.26. The number of nitrogens with zero attached hydrogens (tertiary/aromatic N) is 3. The lowest BCUT2D eigenvalue weighted by atomic mass is 10.1. The monoisotopic (exact) mass is 429 g/mol. The summed E-state index contributed by atoms with van der Waals surface area (Å²) in [6, 6.07) is 7.50. The number of carbonyl (C=O) groups is 2. The van der Waals surface area contributed by atoms with Crippen LogP contribution in [-0.2, 0) is 17.6 Å². The number of primary amides is 1. The van der Waals surface area contributed by atoms with Crippen molar-refractivity contribution in [2.24, 2.45) is 5.73 Å². The Hall–Kier alpha value is -2.85. The Morgan fingerprint density at radius 2 is 2.17 bits per heavy atom. The van der Waals surface area contributed by atoms with Crippen molar-refractivity contribution in [3.05, 3.63) is 46.6 Å². The summed E-state index contributed by atoms with van der Waals surface area (Å²) in [5, 5.41) is 12.0. The molecule has 3 aromatic rings. The van der Waals surface area contributed by atoms with E-state index in [2.05, 4.69) is 15.5 Å². The van der Waals surface area contributed by atoms with E-state index >= 15 is 0 Å². The number of amides is 2. The van der Waals surface area contributed by atoms with Crippen molar-refractivity contribution in [1.29, 1.82) is 0 Å². The van der Waals surface area contributed by atoms with Crippen LogP contribution >= 0.6 is 23.1 Å². The lowest BCUT2D eigenvalue weighted by Gasteiger charge is -2.10. The van der Waals surface area contributed by atoms with Gasteiger partial charge in [0.25, 0.3) is 5.91 Å². The van der Waals surface area contributed by atoms with Crippen molar-refractivity contribution in [3.63, 3.8) is 0 Å². The van der Waals surface area contributed by atoms with Crippen molar-refractivity contribution in [2.45, 2.75) is 24.4 Å². The molecule has 0 fully saturated rings. The summed E-state index contributed by atoms with van der Waals surface area (Å²) in [7, 11) is 1.60. The molecule has 0 bridgehead atoms. The number of ether oxygens (including phenoxy) is 1. The number of nitrogens with two attached hydrogens (primary N) is 1. The molecule has 150 valence electrons. The molecule has 0 unspecified atom stereocenters. The quantitative estimate of drug-likeness (QED) is 0.559. The van der Waals surface area contributed by atoms with Crippen LogP contribution in [0.25, 0.3) is 5.69 Å². The lowest BCUT2D eigenvalue weighted by molar-refractivity contribution is -0.113. The topological polar surface area (TPSA) is 112 Å². The number of rotatable bonds is 7. The number of nitrogens with one attached hydrogen (secondary N) is 1. The predicted octanol–water partition coefficient (Wildman–Crippen LogP) is 2.66. The first kappa shape index (κ1) is 19.5. The number of thiophene rings is 1. The molecule has 0 spiro atoms. The maximum Gasteiger partial charge on any atom is 0.251 e. The number of anilines is 1. The van der Waals surface area contributed by atoms with Crippen LogP contribution in [0.1, 0.15) is 27.2 Å². The zero-order valence-electron chi connectivity index (χ0n) is 15.7. The lowest BCUT2D eigenvalue weighted by Crippen LogP contribution is -2.19. The number of fused-ring (bicyclic) bond motifs is 1. The number of para-hydroxylation sites is 2. The second-order valence-corrected chi connectivity index (χ2v) is 8.47. The highest BCUT2D eigenvalue weighted by Crippen LogP contribution is 2.39. The number of thioether (sulfide) groups is 1. The fourth-order valence-electron chi connectivity index (χ4n) is 3.36. The number of hydrogen-bond acceptors (Lipinski definition) is 7. The van der Waals surface area contributed by atoms with Gasteiger partial charge >= 0.3 is 0 Å². The minimum atomic E-state index is -0.497. The zero-order chi connectivity index (χ0) is 20.4. The first-order valence-corrected chi connectivity index (χ1v) is 10.8. The van der Waals surface area contributed by atoms with Crippen molar-refractivity contribution >= 4 is 39.9 Å². The van der Waals surface area contributed by atoms with E-state index < -0.39 is 5.91 Å². The van der Waals surface area contributed by atoms with Gasteiger partial charge in [-0.1, -0.05) is 23.9 Å². The summed E-state index contributed by atoms with van der Waals surface area (Å²) >= 11 is 2.69. The van der Waals surface area contributed by atoms with Gasteiger partial charge < -0.3 is 15.8 Å². The number of carbonyl (C=O) groups excluding carboxylic acids is 2. The summed E-state index contributed by atoms with van der Waals surface area (Å²) in [5.74, 6) is 0.0716. The van der Waals surface area contributed by atoms with Crippen molar-refractivity contribution in [2.75, 3.05) is 18.2 Å². The third-order valence-electron chi connectivity index (χ3n) is 4.61. The molecular formula is C19H19N5O3S2. The van der Waals surface area contributed by atoms with Gasteiger partial charge in [-0.2, -0.15) is 0 Å². The third kappa shape index (κ3) is 3.85. The standard InChI is InChI=1S/C19H19N5O3S2/c1-27-13-7-3-2-6-12(13)24-10-21-23-19(24)28-9-15(25)22-18-16(17(20)26)11-5-4-8-14(11)29-18/h2-3,6-7,10H,4-5,8-9H2,1H3,(H2,20,26)(H,22,25). The summed E-state index contributed by atoms with van der Waals surface area (Å²) in [5.41, 5.74) is 7.78. The number of methoxy groups -OCH3 is 1. The number of hydrogen-bond donors (Lipinski definition) is 2. The van der Waals surface area contributed by atoms with E-state index in [1.807, 2.05) is 24.3 Å². The molecule has 10 heteroatoms. The second-order valence-electron chi connectivity index (χ2n) is 6.42. The summed E-state index contributed by atoms with van der Waals surface area (Å²) < 4.78 is 7.16. The van der Waals surface area contributed by atoms with Gasteiger partial charge in [0.05, 0.1) is 24.1 Å². The van der Waals surface area contributed by atoms with E-state index in [9.17, 15) is 9.59 Å². The summed E-state index contributed by atoms with van der Waals surface area (Å²) in [6.07, 6.45) is 4.35. The average molecular weight is 430 g/mol. The fourth-order valence-corrected chi connectivity index (χ4v) is 5.40. The smallest absolute Gasteiger partial charge is 0.251 e. The molecule has 0 atom stereocenters. The minimum absolute atomic E-state index is 0.120. The Bertz CT molecular complexity index is 1080. The fraction of sp³-hybridized carbons (Fsp3) is 0.263. The highest BCUT2D eigenvalue weighted by molar-refractivity contribution is 7.99. The third-order valence-corrected chi connectivity index (χ3v) is 6.76. The van der Waals surface area contributed by atoms with Gasteiger partial charge in [0.2, 0.25) is 5.91 Å². The molecule has 0 saturated carbocycles. The van der Waals surface area contributed by atoms with Gasteiger partial charge in [-0.25, -0.2) is 0 Å². The van der Waals surface area contributed by atoms with E-state index in [1.54, 1.807) is 18.0 Å². The van der Waals surface area contributed by atoms with Crippen LogP contribution in [-0.4, -0.2) is 39.4 Å². The molecule has 4 rings (SSSR count). The SMILES string of the molecule is COc1ccccc1-n1cnnc1SCC(=O)Nc1sc2c(c1C(N)=O)CCC2. The van der Waals surface area contributed by atoms with Crippen LogP contribution < -0.4 is 15.8 Å². The highest BCUT2D eigenvalue weighted by atomic mass is 32.2. The van der Waals surface area contributed by atoms with Crippen LogP contribution in [0.5, 0.6) is 5.75 Å².